The van der Waals surface area contributed by atoms with E-state index in [0.717, 1.165) is 10.6 Å². The van der Waals surface area contributed by atoms with E-state index >= 15 is 0 Å². The Labute approximate surface area is 144 Å². The van der Waals surface area contributed by atoms with Crippen molar-refractivity contribution in [2.24, 2.45) is 0 Å². The molecule has 0 bridgehead atoms. The molecule has 0 atom stereocenters. The van der Waals surface area contributed by atoms with E-state index in [1.165, 1.54) is 23.1 Å². The molecule has 0 spiro atoms. The van der Waals surface area contributed by atoms with Gasteiger partial charge >= 0.3 is 0 Å². The fraction of sp³-hybridized carbons (Fsp3) is 0.167. The smallest absolute Gasteiger partial charge is 0.275 e. The third kappa shape index (κ3) is 3.84. The second-order valence-corrected chi connectivity index (χ2v) is 6.38. The molecule has 0 saturated carbocycles. The van der Waals surface area contributed by atoms with Crippen molar-refractivity contribution in [2.75, 3.05) is 5.32 Å². The zero-order chi connectivity index (χ0) is 16.9. The van der Waals surface area contributed by atoms with Crippen molar-refractivity contribution in [1.29, 1.82) is 0 Å². The van der Waals surface area contributed by atoms with E-state index in [-0.39, 0.29) is 12.5 Å². The molecule has 3 aromatic rings. The van der Waals surface area contributed by atoms with Gasteiger partial charge in [0, 0.05) is 23.6 Å². The maximum absolute atomic E-state index is 12.3. The Balaban J connectivity index is 1.70. The predicted octanol–water partition coefficient (Wildman–Crippen LogP) is 3.18. The lowest BCUT2D eigenvalue weighted by molar-refractivity contribution is 0.102. The van der Waals surface area contributed by atoms with Crippen LogP contribution in [-0.2, 0) is 13.0 Å². The fourth-order valence-electron chi connectivity index (χ4n) is 2.24. The summed E-state index contributed by atoms with van der Waals surface area (Å²) in [7, 11) is 0. The van der Waals surface area contributed by atoms with E-state index in [4.69, 9.17) is 0 Å². The number of hydrogen-bond donors (Lipinski definition) is 2. The zero-order valence-electron chi connectivity index (χ0n) is 13.2. The maximum atomic E-state index is 12.3. The SMILES string of the molecule is Cc1ccc(Cc2nc(C(=O)Nc3cnccc3CO)cs2)cc1. The molecule has 2 heterocycles. The van der Waals surface area contributed by atoms with Crippen LogP contribution in [0.5, 0.6) is 0 Å². The Hall–Kier alpha value is -2.57. The molecule has 0 aliphatic heterocycles. The number of aliphatic hydroxyl groups is 1. The van der Waals surface area contributed by atoms with E-state index < -0.39 is 0 Å². The Kier molecular flexibility index (Phi) is 4.98. The van der Waals surface area contributed by atoms with Crippen molar-refractivity contribution < 1.29 is 9.90 Å². The van der Waals surface area contributed by atoms with E-state index in [2.05, 4.69) is 46.5 Å². The van der Waals surface area contributed by atoms with Gasteiger partial charge in [0.2, 0.25) is 0 Å². The lowest BCUT2D eigenvalue weighted by Gasteiger charge is -2.07. The first kappa shape index (κ1) is 16.3. The first-order chi connectivity index (χ1) is 11.7. The van der Waals surface area contributed by atoms with Crippen LogP contribution in [-0.4, -0.2) is 21.0 Å². The van der Waals surface area contributed by atoms with Crippen LogP contribution in [0.4, 0.5) is 5.69 Å². The number of rotatable bonds is 5. The van der Waals surface area contributed by atoms with Crippen molar-refractivity contribution in [1.82, 2.24) is 9.97 Å². The van der Waals surface area contributed by atoms with Crippen molar-refractivity contribution in [3.63, 3.8) is 0 Å². The Morgan fingerprint density at radius 2 is 2.04 bits per heavy atom. The van der Waals surface area contributed by atoms with Gasteiger partial charge in [-0.3, -0.25) is 9.78 Å². The number of thiazole rings is 1. The standard InChI is InChI=1S/C18H17N3O2S/c1-12-2-4-13(5-3-12)8-17-20-16(11-24-17)18(23)21-15-9-19-7-6-14(15)10-22/h2-7,9,11,22H,8,10H2,1H3,(H,21,23). The molecule has 0 saturated heterocycles. The molecule has 5 nitrogen and oxygen atoms in total. The van der Waals surface area contributed by atoms with Gasteiger partial charge in [-0.1, -0.05) is 29.8 Å². The number of aryl methyl sites for hydroxylation is 1. The second-order valence-electron chi connectivity index (χ2n) is 5.43. The quantitative estimate of drug-likeness (QED) is 0.748. The number of nitrogens with zero attached hydrogens (tertiary/aromatic N) is 2. The Morgan fingerprint density at radius 1 is 1.25 bits per heavy atom. The summed E-state index contributed by atoms with van der Waals surface area (Å²) in [5.41, 5.74) is 3.87. The van der Waals surface area contributed by atoms with Crippen molar-refractivity contribution in [3.05, 3.63) is 75.5 Å². The van der Waals surface area contributed by atoms with Crippen molar-refractivity contribution >= 4 is 22.9 Å². The summed E-state index contributed by atoms with van der Waals surface area (Å²) in [6.45, 7) is 1.89. The third-order valence-electron chi connectivity index (χ3n) is 3.59. The molecular weight excluding hydrogens is 322 g/mol. The maximum Gasteiger partial charge on any atom is 0.275 e. The summed E-state index contributed by atoms with van der Waals surface area (Å²) in [4.78, 5) is 20.7. The van der Waals surface area contributed by atoms with Crippen LogP contribution in [0, 0.1) is 6.92 Å². The number of anilines is 1. The molecule has 0 aliphatic rings. The normalized spacial score (nSPS) is 10.6. The minimum Gasteiger partial charge on any atom is -0.392 e. The van der Waals surface area contributed by atoms with Gasteiger partial charge in [0.15, 0.2) is 0 Å². The molecule has 0 radical (unpaired) electrons. The molecule has 24 heavy (non-hydrogen) atoms. The van der Waals surface area contributed by atoms with Crippen LogP contribution in [0.2, 0.25) is 0 Å². The number of amides is 1. The Morgan fingerprint density at radius 3 is 2.79 bits per heavy atom. The van der Waals surface area contributed by atoms with Gasteiger partial charge in [0.1, 0.15) is 5.69 Å². The summed E-state index contributed by atoms with van der Waals surface area (Å²) >= 11 is 1.46. The van der Waals surface area contributed by atoms with Crippen LogP contribution < -0.4 is 5.32 Å². The highest BCUT2D eigenvalue weighted by Gasteiger charge is 2.13. The largest absolute Gasteiger partial charge is 0.392 e. The predicted molar refractivity (Wildman–Crippen MR) is 94.2 cm³/mol. The van der Waals surface area contributed by atoms with E-state index in [1.54, 1.807) is 17.6 Å². The highest BCUT2D eigenvalue weighted by molar-refractivity contribution is 7.09. The van der Waals surface area contributed by atoms with Gasteiger partial charge < -0.3 is 10.4 Å². The number of hydrogen-bond acceptors (Lipinski definition) is 5. The molecule has 0 unspecified atom stereocenters. The number of benzene rings is 1. The molecule has 0 aliphatic carbocycles. The minimum atomic E-state index is -0.302. The average Bonchev–Trinajstić information content (AvgIpc) is 3.06. The van der Waals surface area contributed by atoms with Crippen LogP contribution in [0.15, 0.2) is 48.1 Å². The number of pyridine rings is 1. The van der Waals surface area contributed by atoms with Gasteiger partial charge in [0.05, 0.1) is 23.5 Å². The molecule has 2 aromatic heterocycles. The molecule has 1 aromatic carbocycles. The monoisotopic (exact) mass is 339 g/mol. The zero-order valence-corrected chi connectivity index (χ0v) is 14.0. The van der Waals surface area contributed by atoms with Gasteiger partial charge in [0.25, 0.3) is 5.91 Å². The van der Waals surface area contributed by atoms with Crippen LogP contribution in [0.25, 0.3) is 0 Å². The third-order valence-corrected chi connectivity index (χ3v) is 4.44. The topological polar surface area (TPSA) is 75.1 Å². The van der Waals surface area contributed by atoms with Crippen LogP contribution >= 0.6 is 11.3 Å². The first-order valence-electron chi connectivity index (χ1n) is 7.51. The van der Waals surface area contributed by atoms with Gasteiger partial charge in [-0.05, 0) is 18.6 Å². The molecule has 1 amide bonds. The van der Waals surface area contributed by atoms with E-state index in [1.807, 2.05) is 0 Å². The number of carbonyl (C=O) groups excluding carboxylic acids is 1. The molecule has 122 valence electrons. The van der Waals surface area contributed by atoms with Gasteiger partial charge in [-0.25, -0.2) is 4.98 Å². The fourth-order valence-corrected chi connectivity index (χ4v) is 3.05. The molecular formula is C18H17N3O2S. The number of nitrogens with one attached hydrogen (secondary N) is 1. The summed E-state index contributed by atoms with van der Waals surface area (Å²) in [6, 6.07) is 9.93. The van der Waals surface area contributed by atoms with Gasteiger partial charge in [-0.15, -0.1) is 11.3 Å². The van der Waals surface area contributed by atoms with E-state index in [9.17, 15) is 9.90 Å². The van der Waals surface area contributed by atoms with Crippen molar-refractivity contribution in [3.8, 4) is 0 Å². The molecule has 2 N–H and O–H groups in total. The molecule has 0 fully saturated rings. The molecule has 3 rings (SSSR count). The number of aliphatic hydroxyl groups excluding tert-OH is 1. The summed E-state index contributed by atoms with van der Waals surface area (Å²) < 4.78 is 0. The number of carbonyl (C=O) groups is 1. The summed E-state index contributed by atoms with van der Waals surface area (Å²) in [5, 5.41) is 14.7. The Bertz CT molecular complexity index is 843. The van der Waals surface area contributed by atoms with E-state index in [0.29, 0.717) is 23.4 Å². The van der Waals surface area contributed by atoms with Crippen molar-refractivity contribution in [2.45, 2.75) is 20.0 Å². The second kappa shape index (κ2) is 7.33. The van der Waals surface area contributed by atoms with Crippen LogP contribution in [0.3, 0.4) is 0 Å². The van der Waals surface area contributed by atoms with Gasteiger partial charge in [-0.2, -0.15) is 0 Å². The average molecular weight is 339 g/mol. The molecule has 6 heteroatoms. The summed E-state index contributed by atoms with van der Waals surface area (Å²) in [6.07, 6.45) is 3.79. The first-order valence-corrected chi connectivity index (χ1v) is 8.38. The highest BCUT2D eigenvalue weighted by atomic mass is 32.1. The lowest BCUT2D eigenvalue weighted by atomic mass is 10.1. The minimum absolute atomic E-state index is 0.159. The number of aromatic nitrogens is 2. The lowest BCUT2D eigenvalue weighted by Crippen LogP contribution is -2.14. The summed E-state index contributed by atoms with van der Waals surface area (Å²) in [5.74, 6) is -0.302. The van der Waals surface area contributed by atoms with Crippen LogP contribution in [0.1, 0.15) is 32.2 Å². The highest BCUT2D eigenvalue weighted by Crippen LogP contribution is 2.18.